The number of amides is 2. The van der Waals surface area contributed by atoms with E-state index in [0.29, 0.717) is 30.4 Å². The van der Waals surface area contributed by atoms with Crippen LogP contribution < -0.4 is 5.32 Å². The number of aromatic nitrogens is 1. The van der Waals surface area contributed by atoms with Crippen LogP contribution in [0.25, 0.3) is 0 Å². The van der Waals surface area contributed by atoms with Gasteiger partial charge in [-0.05, 0) is 50.6 Å². The van der Waals surface area contributed by atoms with Crippen molar-refractivity contribution in [2.75, 3.05) is 19.6 Å². The first-order valence-electron chi connectivity index (χ1n) is 13.8. The molecule has 4 heterocycles. The van der Waals surface area contributed by atoms with Crippen LogP contribution >= 0.6 is 11.3 Å². The predicted octanol–water partition coefficient (Wildman–Crippen LogP) is 4.43. The maximum atomic E-state index is 14.3. The summed E-state index contributed by atoms with van der Waals surface area (Å²) in [5, 5.41) is 5.75. The maximum Gasteiger partial charge on any atom is 0.246 e. The van der Waals surface area contributed by atoms with Crippen LogP contribution in [0.5, 0.6) is 0 Å². The number of piperazine rings is 1. The minimum absolute atomic E-state index is 0.0121. The van der Waals surface area contributed by atoms with Crippen LogP contribution in [0.2, 0.25) is 0 Å². The fourth-order valence-corrected chi connectivity index (χ4v) is 6.97. The molecule has 200 valence electrons. The Morgan fingerprint density at radius 1 is 1.16 bits per heavy atom. The van der Waals surface area contributed by atoms with Crippen LogP contribution in [0.15, 0.2) is 28.4 Å². The molecule has 2 aromatic rings. The highest BCUT2D eigenvalue weighted by Crippen LogP contribution is 2.36. The van der Waals surface area contributed by atoms with Gasteiger partial charge in [0.2, 0.25) is 17.6 Å². The number of fused-ring (bicyclic) bond motifs is 1. The molecule has 2 aliphatic heterocycles. The van der Waals surface area contributed by atoms with E-state index in [9.17, 15) is 14.4 Å². The van der Waals surface area contributed by atoms with Crippen molar-refractivity contribution in [3.8, 4) is 0 Å². The molecule has 3 fully saturated rings. The maximum absolute atomic E-state index is 14.3. The normalized spacial score (nSPS) is 24.4. The minimum Gasteiger partial charge on any atom is -0.472 e. The lowest BCUT2D eigenvalue weighted by molar-refractivity contribution is -0.144. The van der Waals surface area contributed by atoms with E-state index < -0.39 is 6.04 Å². The zero-order valence-corrected chi connectivity index (χ0v) is 22.7. The number of hydrogen-bond donors (Lipinski definition) is 1. The van der Waals surface area contributed by atoms with Gasteiger partial charge in [-0.2, -0.15) is 0 Å². The van der Waals surface area contributed by atoms with E-state index in [-0.39, 0.29) is 35.5 Å². The summed E-state index contributed by atoms with van der Waals surface area (Å²) in [6.07, 6.45) is 11.2. The van der Waals surface area contributed by atoms with Gasteiger partial charge in [0.05, 0.1) is 17.9 Å². The quantitative estimate of drug-likeness (QED) is 0.512. The van der Waals surface area contributed by atoms with Gasteiger partial charge >= 0.3 is 0 Å². The third-order valence-electron chi connectivity index (χ3n) is 8.54. The second kappa shape index (κ2) is 11.5. The summed E-state index contributed by atoms with van der Waals surface area (Å²) in [5.74, 6) is -0.171. The smallest absolute Gasteiger partial charge is 0.246 e. The Bertz CT molecular complexity index is 1090. The Balaban J connectivity index is 1.43. The van der Waals surface area contributed by atoms with Crippen molar-refractivity contribution in [2.45, 2.75) is 83.3 Å². The molecule has 0 unspecified atom stereocenters. The molecule has 1 N–H and O–H groups in total. The molecule has 1 aliphatic carbocycles. The summed E-state index contributed by atoms with van der Waals surface area (Å²) >= 11 is 1.44. The molecule has 0 radical (unpaired) electrons. The Morgan fingerprint density at radius 2 is 1.97 bits per heavy atom. The van der Waals surface area contributed by atoms with Crippen molar-refractivity contribution in [3.63, 3.8) is 0 Å². The minimum atomic E-state index is -0.510. The molecule has 0 bridgehead atoms. The molecular formula is C28H38N4O4S. The molecule has 3 aliphatic rings. The summed E-state index contributed by atoms with van der Waals surface area (Å²) in [6, 6.07) is 1.24. The Hall–Kier alpha value is -2.52. The van der Waals surface area contributed by atoms with E-state index in [1.807, 2.05) is 18.7 Å². The second-order valence-corrected chi connectivity index (χ2v) is 11.8. The fourth-order valence-electron chi connectivity index (χ4n) is 6.07. The van der Waals surface area contributed by atoms with Gasteiger partial charge in [-0.1, -0.05) is 33.1 Å². The van der Waals surface area contributed by atoms with Gasteiger partial charge in [0.1, 0.15) is 23.0 Å². The van der Waals surface area contributed by atoms with Crippen LogP contribution in [0, 0.1) is 11.8 Å². The number of rotatable bonds is 8. The summed E-state index contributed by atoms with van der Waals surface area (Å²) < 4.78 is 5.08. The molecule has 8 nitrogen and oxygen atoms in total. The molecule has 4 atom stereocenters. The first kappa shape index (κ1) is 26.1. The third-order valence-corrected chi connectivity index (χ3v) is 9.49. The van der Waals surface area contributed by atoms with Crippen LogP contribution in [0.4, 0.5) is 0 Å². The number of nitrogens with one attached hydrogen (secondary N) is 1. The zero-order chi connectivity index (χ0) is 25.9. The van der Waals surface area contributed by atoms with Gasteiger partial charge in [-0.3, -0.25) is 19.3 Å². The number of furan rings is 1. The average molecular weight is 527 g/mol. The summed E-state index contributed by atoms with van der Waals surface area (Å²) in [7, 11) is 0. The predicted molar refractivity (Wildman–Crippen MR) is 141 cm³/mol. The van der Waals surface area contributed by atoms with Crippen LogP contribution in [-0.4, -0.2) is 64.1 Å². The van der Waals surface area contributed by atoms with Crippen molar-refractivity contribution >= 4 is 28.9 Å². The summed E-state index contributed by atoms with van der Waals surface area (Å²) in [5.41, 5.74) is 0.851. The largest absolute Gasteiger partial charge is 0.472 e. The number of carbonyl (C=O) groups excluding carboxylic acids is 3. The lowest BCUT2D eigenvalue weighted by Crippen LogP contribution is -2.60. The molecule has 2 aromatic heterocycles. The Kier molecular flexibility index (Phi) is 8.09. The third kappa shape index (κ3) is 5.53. The van der Waals surface area contributed by atoms with Crippen molar-refractivity contribution in [1.82, 2.24) is 20.1 Å². The van der Waals surface area contributed by atoms with Crippen molar-refractivity contribution in [2.24, 2.45) is 11.8 Å². The highest BCUT2D eigenvalue weighted by Gasteiger charge is 2.44. The van der Waals surface area contributed by atoms with E-state index >= 15 is 0 Å². The van der Waals surface area contributed by atoms with E-state index in [2.05, 4.69) is 10.2 Å². The summed E-state index contributed by atoms with van der Waals surface area (Å²) in [6.45, 7) is 6.29. The second-order valence-electron chi connectivity index (χ2n) is 10.9. The standard InChI is InChI=1S/C28H38N4O4S/c1-3-18(2)26(34)30-24(19-8-5-4-6-9-19)28(35)32-14-21-10-7-12-31(21)15-23(32)27-29-22(17-37-27)25(33)20-11-13-36-16-20/h11,13,16-19,21,23-24H,3-10,12,14-15H2,1-2H3,(H,30,34)/t18-,21-,23+,24+/m1/s1. The molecule has 0 aromatic carbocycles. The highest BCUT2D eigenvalue weighted by molar-refractivity contribution is 7.10. The van der Waals surface area contributed by atoms with E-state index in [1.54, 1.807) is 11.4 Å². The van der Waals surface area contributed by atoms with E-state index in [4.69, 9.17) is 9.40 Å². The van der Waals surface area contributed by atoms with Gasteiger partial charge in [-0.25, -0.2) is 4.98 Å². The molecular weight excluding hydrogens is 488 g/mol. The monoisotopic (exact) mass is 526 g/mol. The fraction of sp³-hybridized carbons (Fsp3) is 0.643. The van der Waals surface area contributed by atoms with Gasteiger partial charge < -0.3 is 14.6 Å². The number of nitrogens with zero attached hydrogens (tertiary/aromatic N) is 3. The topological polar surface area (TPSA) is 95.8 Å². The van der Waals surface area contributed by atoms with Crippen molar-refractivity contribution in [1.29, 1.82) is 0 Å². The first-order valence-corrected chi connectivity index (χ1v) is 14.7. The van der Waals surface area contributed by atoms with Crippen LogP contribution in [0.3, 0.4) is 0 Å². The number of hydrogen-bond acceptors (Lipinski definition) is 7. The Labute approximate surface area is 222 Å². The zero-order valence-electron chi connectivity index (χ0n) is 21.9. The van der Waals surface area contributed by atoms with Crippen LogP contribution in [-0.2, 0) is 9.59 Å². The van der Waals surface area contributed by atoms with Gasteiger partial charge in [0.15, 0.2) is 0 Å². The lowest BCUT2D eigenvalue weighted by atomic mass is 9.82. The number of ketones is 1. The SMILES string of the molecule is CC[C@@H](C)C(=O)N[C@H](C(=O)N1C[C@H]2CCCN2C[C@H]1c1nc(C(=O)c2ccoc2)cs1)C1CCCCC1. The molecule has 1 saturated carbocycles. The number of carbonyl (C=O) groups is 3. The molecule has 0 spiro atoms. The van der Waals surface area contributed by atoms with Gasteiger partial charge in [0, 0.05) is 30.4 Å². The van der Waals surface area contributed by atoms with Gasteiger partial charge in [0.25, 0.3) is 0 Å². The molecule has 2 saturated heterocycles. The molecule has 37 heavy (non-hydrogen) atoms. The number of thiazole rings is 1. The molecule has 5 rings (SSSR count). The average Bonchev–Trinajstić information content (AvgIpc) is 3.72. The first-order chi connectivity index (χ1) is 18.0. The molecule has 9 heteroatoms. The van der Waals surface area contributed by atoms with Crippen molar-refractivity contribution < 1.29 is 18.8 Å². The van der Waals surface area contributed by atoms with E-state index in [0.717, 1.165) is 56.5 Å². The van der Waals surface area contributed by atoms with Crippen molar-refractivity contribution in [3.05, 3.63) is 40.2 Å². The van der Waals surface area contributed by atoms with E-state index in [1.165, 1.54) is 30.3 Å². The highest BCUT2D eigenvalue weighted by atomic mass is 32.1. The molecule has 2 amide bonds. The lowest BCUT2D eigenvalue weighted by Gasteiger charge is -2.45. The van der Waals surface area contributed by atoms with Gasteiger partial charge in [-0.15, -0.1) is 11.3 Å². The Morgan fingerprint density at radius 3 is 2.70 bits per heavy atom. The summed E-state index contributed by atoms with van der Waals surface area (Å²) in [4.78, 5) is 49.4. The van der Waals surface area contributed by atoms with Crippen LogP contribution in [0.1, 0.15) is 92.3 Å².